The Morgan fingerprint density at radius 1 is 1.47 bits per heavy atom. The average Bonchev–Trinajstić information content (AvgIpc) is 2.16. The molecule has 0 spiro atoms. The molecule has 15 heavy (non-hydrogen) atoms. The van der Waals surface area contributed by atoms with Gasteiger partial charge in [0.25, 0.3) is 0 Å². The monoisotopic (exact) mass is 228 g/mol. The Bertz CT molecular complexity index is 390. The molecule has 0 aromatic heterocycles. The van der Waals surface area contributed by atoms with Crippen LogP contribution in [0.1, 0.15) is 20.3 Å². The van der Waals surface area contributed by atoms with Gasteiger partial charge in [-0.25, -0.2) is 4.39 Å². The molecule has 4 heteroatoms. The van der Waals surface area contributed by atoms with Gasteiger partial charge in [-0.3, -0.25) is 9.00 Å². The first-order chi connectivity index (χ1) is 7.02. The maximum Gasteiger partial charge on any atom is 0.139 e. The Labute approximate surface area is 91.0 Å². The Morgan fingerprint density at radius 3 is 2.60 bits per heavy atom. The van der Waals surface area contributed by atoms with Crippen molar-refractivity contribution in [3.63, 3.8) is 0 Å². The van der Waals surface area contributed by atoms with Gasteiger partial charge in [0.2, 0.25) is 0 Å². The van der Waals surface area contributed by atoms with E-state index in [2.05, 4.69) is 0 Å². The molecule has 82 valence electrons. The highest BCUT2D eigenvalue weighted by atomic mass is 32.2. The zero-order valence-corrected chi connectivity index (χ0v) is 9.51. The molecule has 0 heterocycles. The van der Waals surface area contributed by atoms with Gasteiger partial charge in [-0.05, 0) is 19.1 Å². The minimum absolute atomic E-state index is 0.0350. The van der Waals surface area contributed by atoms with Crippen molar-refractivity contribution in [1.82, 2.24) is 0 Å². The van der Waals surface area contributed by atoms with E-state index in [1.165, 1.54) is 19.1 Å². The Hall–Kier alpha value is -1.03. The number of carbonyl (C=O) groups excluding carboxylic acids is 1. The first kappa shape index (κ1) is 12.0. The van der Waals surface area contributed by atoms with Crippen molar-refractivity contribution in [1.29, 1.82) is 0 Å². The summed E-state index contributed by atoms with van der Waals surface area (Å²) in [5, 5.41) is -0.348. The van der Waals surface area contributed by atoms with Crippen molar-refractivity contribution in [2.24, 2.45) is 0 Å². The van der Waals surface area contributed by atoms with E-state index in [0.717, 1.165) is 0 Å². The second-order valence-electron chi connectivity index (χ2n) is 3.44. The Morgan fingerprint density at radius 2 is 2.07 bits per heavy atom. The van der Waals surface area contributed by atoms with E-state index in [-0.39, 0.29) is 22.3 Å². The summed E-state index contributed by atoms with van der Waals surface area (Å²) in [6.45, 7) is 3.12. The van der Waals surface area contributed by atoms with E-state index in [4.69, 9.17) is 0 Å². The smallest absolute Gasteiger partial charge is 0.139 e. The molecule has 0 saturated heterocycles. The third-order valence-electron chi connectivity index (χ3n) is 1.99. The summed E-state index contributed by atoms with van der Waals surface area (Å²) in [4.78, 5) is 11.0. The van der Waals surface area contributed by atoms with Gasteiger partial charge in [0.05, 0.1) is 15.7 Å². The van der Waals surface area contributed by atoms with Gasteiger partial charge in [-0.15, -0.1) is 0 Å². The molecule has 0 N–H and O–H groups in total. The molecule has 0 aliphatic heterocycles. The van der Waals surface area contributed by atoms with Crippen molar-refractivity contribution in [3.05, 3.63) is 30.1 Å². The molecule has 0 amide bonds. The maximum atomic E-state index is 13.3. The van der Waals surface area contributed by atoms with Gasteiger partial charge in [0, 0.05) is 11.7 Å². The zero-order chi connectivity index (χ0) is 11.4. The maximum absolute atomic E-state index is 13.3. The molecule has 0 radical (unpaired) electrons. The first-order valence-electron chi connectivity index (χ1n) is 4.67. The number of hydrogen-bond acceptors (Lipinski definition) is 2. The van der Waals surface area contributed by atoms with Gasteiger partial charge in [-0.2, -0.15) is 0 Å². The number of ketones is 1. The summed E-state index contributed by atoms with van der Waals surface area (Å²) in [6, 6.07) is 5.94. The minimum Gasteiger partial charge on any atom is -0.300 e. The van der Waals surface area contributed by atoms with Crippen LogP contribution in [0.5, 0.6) is 0 Å². The van der Waals surface area contributed by atoms with E-state index < -0.39 is 16.6 Å². The number of hydrogen-bond donors (Lipinski definition) is 0. The van der Waals surface area contributed by atoms with Crippen LogP contribution in [-0.2, 0) is 15.6 Å². The first-order valence-corrected chi connectivity index (χ1v) is 5.88. The van der Waals surface area contributed by atoms with Crippen molar-refractivity contribution in [2.75, 3.05) is 0 Å². The van der Waals surface area contributed by atoms with Gasteiger partial charge < -0.3 is 0 Å². The summed E-state index contributed by atoms with van der Waals surface area (Å²) < 4.78 is 25.1. The fraction of sp³-hybridized carbons (Fsp3) is 0.364. The van der Waals surface area contributed by atoms with Crippen LogP contribution in [0.25, 0.3) is 0 Å². The fourth-order valence-corrected chi connectivity index (χ4v) is 2.60. The summed E-state index contributed by atoms with van der Waals surface area (Å²) in [5.74, 6) is -0.515. The predicted octanol–water partition coefficient (Wildman–Crippen LogP) is 2.30. The molecule has 1 aromatic rings. The lowest BCUT2D eigenvalue weighted by atomic mass is 10.2. The summed E-state index contributed by atoms with van der Waals surface area (Å²) >= 11 is 0. The fourth-order valence-electron chi connectivity index (χ4n) is 1.31. The van der Waals surface area contributed by atoms with E-state index in [0.29, 0.717) is 0 Å². The van der Waals surface area contributed by atoms with Crippen LogP contribution < -0.4 is 0 Å². The highest BCUT2D eigenvalue weighted by Crippen LogP contribution is 2.17. The van der Waals surface area contributed by atoms with Gasteiger partial charge in [0.15, 0.2) is 0 Å². The molecule has 2 nitrogen and oxygen atoms in total. The van der Waals surface area contributed by atoms with Crippen molar-refractivity contribution >= 4 is 16.6 Å². The lowest BCUT2D eigenvalue weighted by molar-refractivity contribution is -0.116. The van der Waals surface area contributed by atoms with Crippen LogP contribution in [-0.4, -0.2) is 15.2 Å². The molecule has 0 aliphatic carbocycles. The standard InChI is InChI=1S/C11H13FO2S/c1-8(13)7-9(2)15(14)11-6-4-3-5-10(11)12/h3-6,9H,7H2,1-2H3. The van der Waals surface area contributed by atoms with Crippen LogP contribution in [0, 0.1) is 5.82 Å². The summed E-state index contributed by atoms with van der Waals surface area (Å²) in [7, 11) is -1.46. The Balaban J connectivity index is 2.85. The number of benzene rings is 1. The SMILES string of the molecule is CC(=O)CC(C)S(=O)c1ccccc1F. The quantitative estimate of drug-likeness (QED) is 0.792. The molecular weight excluding hydrogens is 215 g/mol. The van der Waals surface area contributed by atoms with E-state index >= 15 is 0 Å². The normalized spacial score (nSPS) is 14.6. The number of rotatable bonds is 4. The predicted molar refractivity (Wildman–Crippen MR) is 57.6 cm³/mol. The van der Waals surface area contributed by atoms with Crippen LogP contribution in [0.3, 0.4) is 0 Å². The van der Waals surface area contributed by atoms with Crippen molar-refractivity contribution in [3.8, 4) is 0 Å². The summed E-state index contributed by atoms with van der Waals surface area (Å²) in [5.41, 5.74) is 0. The highest BCUT2D eigenvalue weighted by Gasteiger charge is 2.17. The van der Waals surface area contributed by atoms with Gasteiger partial charge in [0.1, 0.15) is 11.6 Å². The number of halogens is 1. The molecule has 0 aliphatic rings. The van der Waals surface area contributed by atoms with Gasteiger partial charge >= 0.3 is 0 Å². The topological polar surface area (TPSA) is 34.1 Å². The molecule has 1 rings (SSSR count). The van der Waals surface area contributed by atoms with E-state index in [1.54, 1.807) is 19.1 Å². The molecule has 1 aromatic carbocycles. The molecule has 2 atom stereocenters. The number of Topliss-reactive ketones (excluding diaryl/α,β-unsaturated/α-hetero) is 1. The lowest BCUT2D eigenvalue weighted by Gasteiger charge is -2.09. The minimum atomic E-state index is -1.46. The Kier molecular flexibility index (Phi) is 4.15. The highest BCUT2D eigenvalue weighted by molar-refractivity contribution is 7.85. The van der Waals surface area contributed by atoms with Crippen LogP contribution in [0.15, 0.2) is 29.2 Å². The van der Waals surface area contributed by atoms with Crippen molar-refractivity contribution in [2.45, 2.75) is 30.4 Å². The molecule has 0 bridgehead atoms. The number of carbonyl (C=O) groups is 1. The molecule has 2 unspecified atom stereocenters. The third kappa shape index (κ3) is 3.23. The summed E-state index contributed by atoms with van der Waals surface area (Å²) in [6.07, 6.45) is 0.209. The van der Waals surface area contributed by atoms with E-state index in [9.17, 15) is 13.4 Å². The van der Waals surface area contributed by atoms with Crippen LogP contribution in [0.2, 0.25) is 0 Å². The zero-order valence-electron chi connectivity index (χ0n) is 8.70. The largest absolute Gasteiger partial charge is 0.300 e. The average molecular weight is 228 g/mol. The van der Waals surface area contributed by atoms with Crippen molar-refractivity contribution < 1.29 is 13.4 Å². The van der Waals surface area contributed by atoms with E-state index in [1.807, 2.05) is 0 Å². The van der Waals surface area contributed by atoms with Crippen LogP contribution in [0.4, 0.5) is 4.39 Å². The van der Waals surface area contributed by atoms with Crippen LogP contribution >= 0.6 is 0 Å². The molecular formula is C11H13FO2S. The molecule has 0 fully saturated rings. The lowest BCUT2D eigenvalue weighted by Crippen LogP contribution is -2.15. The van der Waals surface area contributed by atoms with Gasteiger partial charge in [-0.1, -0.05) is 19.1 Å². The third-order valence-corrected chi connectivity index (χ3v) is 3.66. The second-order valence-corrected chi connectivity index (χ2v) is 5.28. The second kappa shape index (κ2) is 5.16. The molecule has 0 saturated carbocycles.